The van der Waals surface area contributed by atoms with Gasteiger partial charge in [-0.15, -0.1) is 0 Å². The standard InChI is InChI=1S/C21H15F2NO2/c1-24-17-7-3-2-5-16(17)20(21(25)26)19-15(6-4-8-18(19)24)12-9-13(22)11-14(23)10-12/h2-11,20H,1H3,(H,25,26). The first-order valence-corrected chi connectivity index (χ1v) is 8.12. The van der Waals surface area contributed by atoms with E-state index in [4.69, 9.17) is 0 Å². The van der Waals surface area contributed by atoms with Crippen LogP contribution in [0.3, 0.4) is 0 Å². The van der Waals surface area contributed by atoms with Gasteiger partial charge in [0.2, 0.25) is 0 Å². The van der Waals surface area contributed by atoms with Gasteiger partial charge in [0.1, 0.15) is 17.6 Å². The normalized spacial score (nSPS) is 15.3. The lowest BCUT2D eigenvalue weighted by Gasteiger charge is -2.35. The van der Waals surface area contributed by atoms with E-state index < -0.39 is 23.5 Å². The van der Waals surface area contributed by atoms with E-state index in [1.807, 2.05) is 30.1 Å². The van der Waals surface area contributed by atoms with Crippen LogP contribution < -0.4 is 4.90 Å². The van der Waals surface area contributed by atoms with E-state index in [0.29, 0.717) is 27.9 Å². The highest BCUT2D eigenvalue weighted by Crippen LogP contribution is 2.48. The Kier molecular flexibility index (Phi) is 3.72. The quantitative estimate of drug-likeness (QED) is 0.712. The topological polar surface area (TPSA) is 40.5 Å². The second-order valence-corrected chi connectivity index (χ2v) is 6.29. The van der Waals surface area contributed by atoms with Gasteiger partial charge in [-0.1, -0.05) is 30.3 Å². The predicted octanol–water partition coefficient (Wildman–Crippen LogP) is 4.93. The van der Waals surface area contributed by atoms with E-state index in [-0.39, 0.29) is 0 Å². The number of anilines is 2. The summed E-state index contributed by atoms with van der Waals surface area (Å²) in [5.41, 5.74) is 3.52. The second kappa shape index (κ2) is 5.95. The van der Waals surface area contributed by atoms with Crippen molar-refractivity contribution in [2.75, 3.05) is 11.9 Å². The Morgan fingerprint density at radius 2 is 1.62 bits per heavy atom. The third-order valence-electron chi connectivity index (χ3n) is 4.76. The van der Waals surface area contributed by atoms with E-state index in [9.17, 15) is 18.7 Å². The Hall–Kier alpha value is -3.21. The van der Waals surface area contributed by atoms with Crippen molar-refractivity contribution in [2.45, 2.75) is 5.92 Å². The van der Waals surface area contributed by atoms with Gasteiger partial charge >= 0.3 is 5.97 Å². The summed E-state index contributed by atoms with van der Waals surface area (Å²) in [5.74, 6) is -3.32. The number of halogens is 2. The molecule has 0 fully saturated rings. The first-order valence-electron chi connectivity index (χ1n) is 8.12. The van der Waals surface area contributed by atoms with Crippen LogP contribution in [0.1, 0.15) is 17.0 Å². The van der Waals surface area contributed by atoms with Crippen LogP contribution in [0.2, 0.25) is 0 Å². The maximum absolute atomic E-state index is 13.8. The molecule has 130 valence electrons. The zero-order valence-corrected chi connectivity index (χ0v) is 13.9. The number of benzene rings is 3. The van der Waals surface area contributed by atoms with E-state index in [0.717, 1.165) is 11.8 Å². The molecule has 0 amide bonds. The summed E-state index contributed by atoms with van der Waals surface area (Å²) in [5, 5.41) is 9.93. The molecule has 0 radical (unpaired) electrons. The molecule has 3 aromatic carbocycles. The maximum Gasteiger partial charge on any atom is 0.315 e. The molecule has 26 heavy (non-hydrogen) atoms. The van der Waals surface area contributed by atoms with E-state index >= 15 is 0 Å². The number of hydrogen-bond donors (Lipinski definition) is 1. The highest BCUT2D eigenvalue weighted by molar-refractivity contribution is 5.94. The third-order valence-corrected chi connectivity index (χ3v) is 4.76. The lowest BCUT2D eigenvalue weighted by molar-refractivity contribution is -0.137. The second-order valence-electron chi connectivity index (χ2n) is 6.29. The van der Waals surface area contributed by atoms with E-state index in [1.54, 1.807) is 24.3 Å². The number of carboxylic acids is 1. The van der Waals surface area contributed by atoms with Crippen LogP contribution in [0.4, 0.5) is 20.2 Å². The smallest absolute Gasteiger partial charge is 0.315 e. The molecule has 1 atom stereocenters. The SMILES string of the molecule is CN1c2ccccc2C(C(=O)O)c2c(-c3cc(F)cc(F)c3)cccc21. The number of rotatable bonds is 2. The molecule has 1 heterocycles. The van der Waals surface area contributed by atoms with Gasteiger partial charge in [0.05, 0.1) is 0 Å². The van der Waals surface area contributed by atoms with Crippen molar-refractivity contribution in [1.82, 2.24) is 0 Å². The fourth-order valence-electron chi connectivity index (χ4n) is 3.69. The number of para-hydroxylation sites is 1. The molecule has 0 spiro atoms. The van der Waals surface area contributed by atoms with Crippen molar-refractivity contribution in [3.05, 3.63) is 83.4 Å². The van der Waals surface area contributed by atoms with Gasteiger partial charge < -0.3 is 10.0 Å². The molecule has 3 aromatic rings. The van der Waals surface area contributed by atoms with Gasteiger partial charge in [-0.05, 0) is 41.0 Å². The molecule has 0 aromatic heterocycles. The Morgan fingerprint density at radius 1 is 0.962 bits per heavy atom. The summed E-state index contributed by atoms with van der Waals surface area (Å²) < 4.78 is 27.5. The summed E-state index contributed by atoms with van der Waals surface area (Å²) in [7, 11) is 1.85. The molecule has 0 aliphatic carbocycles. The van der Waals surface area contributed by atoms with Crippen LogP contribution in [-0.4, -0.2) is 18.1 Å². The number of carbonyl (C=O) groups is 1. The fourth-order valence-corrected chi connectivity index (χ4v) is 3.69. The molecule has 1 aliphatic rings. The highest BCUT2D eigenvalue weighted by atomic mass is 19.1. The van der Waals surface area contributed by atoms with Crippen molar-refractivity contribution < 1.29 is 18.7 Å². The van der Waals surface area contributed by atoms with Gasteiger partial charge in [-0.2, -0.15) is 0 Å². The Labute approximate surface area is 149 Å². The number of carboxylic acid groups (broad SMARTS) is 1. The minimum atomic E-state index is -1.00. The summed E-state index contributed by atoms with van der Waals surface area (Å²) >= 11 is 0. The van der Waals surface area contributed by atoms with Crippen molar-refractivity contribution in [1.29, 1.82) is 0 Å². The molecule has 0 saturated carbocycles. The Bertz CT molecular complexity index is 1010. The predicted molar refractivity (Wildman–Crippen MR) is 95.8 cm³/mol. The number of aliphatic carboxylic acids is 1. The van der Waals surface area contributed by atoms with Crippen molar-refractivity contribution in [3.63, 3.8) is 0 Å². The lowest BCUT2D eigenvalue weighted by Crippen LogP contribution is -2.26. The van der Waals surface area contributed by atoms with Crippen molar-refractivity contribution >= 4 is 17.3 Å². The molecule has 0 bridgehead atoms. The first-order chi connectivity index (χ1) is 12.5. The molecular formula is C21H15F2NO2. The van der Waals surface area contributed by atoms with Gasteiger partial charge in [0, 0.05) is 30.1 Å². The number of hydrogen-bond acceptors (Lipinski definition) is 2. The average Bonchev–Trinajstić information content (AvgIpc) is 2.60. The number of nitrogens with zero attached hydrogens (tertiary/aromatic N) is 1. The lowest BCUT2D eigenvalue weighted by atomic mass is 9.81. The van der Waals surface area contributed by atoms with Crippen LogP contribution in [-0.2, 0) is 4.79 Å². The minimum Gasteiger partial charge on any atom is -0.481 e. The molecule has 4 rings (SSSR count). The summed E-state index contributed by atoms with van der Waals surface area (Å²) in [6, 6.07) is 15.8. The van der Waals surface area contributed by atoms with Crippen LogP contribution in [0.5, 0.6) is 0 Å². The van der Waals surface area contributed by atoms with Crippen molar-refractivity contribution in [3.8, 4) is 11.1 Å². The Morgan fingerprint density at radius 3 is 2.31 bits per heavy atom. The largest absolute Gasteiger partial charge is 0.481 e. The monoisotopic (exact) mass is 351 g/mol. The van der Waals surface area contributed by atoms with Crippen molar-refractivity contribution in [2.24, 2.45) is 0 Å². The zero-order valence-electron chi connectivity index (χ0n) is 13.9. The van der Waals surface area contributed by atoms with Gasteiger partial charge in [-0.3, -0.25) is 4.79 Å². The summed E-state index contributed by atoms with van der Waals surface area (Å²) in [4.78, 5) is 14.0. The average molecular weight is 351 g/mol. The zero-order chi connectivity index (χ0) is 18.4. The van der Waals surface area contributed by atoms with Gasteiger partial charge in [0.25, 0.3) is 0 Å². The van der Waals surface area contributed by atoms with E-state index in [2.05, 4.69) is 0 Å². The van der Waals surface area contributed by atoms with Crippen LogP contribution in [0, 0.1) is 11.6 Å². The summed E-state index contributed by atoms with van der Waals surface area (Å²) in [6.45, 7) is 0. The van der Waals surface area contributed by atoms with Crippen LogP contribution >= 0.6 is 0 Å². The third kappa shape index (κ3) is 2.44. The molecule has 1 aliphatic heterocycles. The van der Waals surface area contributed by atoms with E-state index in [1.165, 1.54) is 12.1 Å². The first kappa shape index (κ1) is 16.3. The molecule has 0 saturated heterocycles. The van der Waals surface area contributed by atoms with Crippen LogP contribution in [0.25, 0.3) is 11.1 Å². The number of fused-ring (bicyclic) bond motifs is 2. The van der Waals surface area contributed by atoms with Gasteiger partial charge in [0.15, 0.2) is 0 Å². The Balaban J connectivity index is 2.03. The fraction of sp³-hybridized carbons (Fsp3) is 0.0952. The van der Waals surface area contributed by atoms with Gasteiger partial charge in [-0.25, -0.2) is 8.78 Å². The molecule has 5 heteroatoms. The summed E-state index contributed by atoms with van der Waals surface area (Å²) in [6.07, 6.45) is 0. The maximum atomic E-state index is 13.8. The molecule has 1 unspecified atom stereocenters. The minimum absolute atomic E-state index is 0.318. The van der Waals surface area contributed by atoms with Crippen LogP contribution in [0.15, 0.2) is 60.7 Å². The highest BCUT2D eigenvalue weighted by Gasteiger charge is 2.35. The molecule has 1 N–H and O–H groups in total. The molecular weight excluding hydrogens is 336 g/mol. The molecule has 3 nitrogen and oxygen atoms in total.